The van der Waals surface area contributed by atoms with E-state index >= 15 is 0 Å². The smallest absolute Gasteiger partial charge is 0.261 e. The molecular weight excluding hydrogens is 312 g/mol. The van der Waals surface area contributed by atoms with Crippen LogP contribution in [0.15, 0.2) is 41.8 Å². The van der Waals surface area contributed by atoms with Gasteiger partial charge in [0, 0.05) is 12.1 Å². The van der Waals surface area contributed by atoms with Gasteiger partial charge in [-0.2, -0.15) is 0 Å². The second-order valence-electron chi connectivity index (χ2n) is 5.12. The predicted molar refractivity (Wildman–Crippen MR) is 90.6 cm³/mol. The SMILES string of the molecule is CCC(CO)NC(=O)c1ccc(CNC(=O)c2cccs2)cc1. The average Bonchev–Trinajstić information content (AvgIpc) is 3.12. The fourth-order valence-electron chi connectivity index (χ4n) is 2.00. The van der Waals surface area contributed by atoms with Crippen molar-refractivity contribution in [2.24, 2.45) is 0 Å². The van der Waals surface area contributed by atoms with Crippen LogP contribution in [0.1, 0.15) is 38.9 Å². The summed E-state index contributed by atoms with van der Waals surface area (Å²) in [5, 5.41) is 16.6. The minimum Gasteiger partial charge on any atom is -0.394 e. The molecule has 6 heteroatoms. The molecule has 0 spiro atoms. The number of aliphatic hydroxyl groups is 1. The molecule has 0 radical (unpaired) electrons. The third kappa shape index (κ3) is 4.91. The van der Waals surface area contributed by atoms with Crippen molar-refractivity contribution in [3.05, 3.63) is 57.8 Å². The molecule has 2 amide bonds. The van der Waals surface area contributed by atoms with Crippen molar-refractivity contribution in [3.63, 3.8) is 0 Å². The summed E-state index contributed by atoms with van der Waals surface area (Å²) in [5.74, 6) is -0.310. The first-order valence-corrected chi connectivity index (χ1v) is 8.34. The van der Waals surface area contributed by atoms with Gasteiger partial charge in [-0.3, -0.25) is 9.59 Å². The second-order valence-corrected chi connectivity index (χ2v) is 6.07. The van der Waals surface area contributed by atoms with Crippen LogP contribution in [0.5, 0.6) is 0 Å². The van der Waals surface area contributed by atoms with Crippen LogP contribution >= 0.6 is 11.3 Å². The third-order valence-corrected chi connectivity index (χ3v) is 4.33. The van der Waals surface area contributed by atoms with Gasteiger partial charge in [0.15, 0.2) is 0 Å². The number of thiophene rings is 1. The topological polar surface area (TPSA) is 78.4 Å². The zero-order valence-corrected chi connectivity index (χ0v) is 13.7. The van der Waals surface area contributed by atoms with Gasteiger partial charge < -0.3 is 15.7 Å². The van der Waals surface area contributed by atoms with Crippen LogP contribution in [0.3, 0.4) is 0 Å². The summed E-state index contributed by atoms with van der Waals surface area (Å²) in [4.78, 5) is 24.5. The first kappa shape index (κ1) is 17.2. The Bertz CT molecular complexity index is 634. The van der Waals surface area contributed by atoms with E-state index in [4.69, 9.17) is 5.11 Å². The van der Waals surface area contributed by atoms with Crippen LogP contribution in [0, 0.1) is 0 Å². The van der Waals surface area contributed by atoms with Crippen molar-refractivity contribution in [2.45, 2.75) is 25.9 Å². The highest BCUT2D eigenvalue weighted by molar-refractivity contribution is 7.12. The van der Waals surface area contributed by atoms with Gasteiger partial charge >= 0.3 is 0 Å². The van der Waals surface area contributed by atoms with Crippen molar-refractivity contribution in [2.75, 3.05) is 6.61 Å². The molecule has 0 aliphatic carbocycles. The molecule has 2 rings (SSSR count). The van der Waals surface area contributed by atoms with Crippen molar-refractivity contribution in [1.29, 1.82) is 0 Å². The lowest BCUT2D eigenvalue weighted by molar-refractivity contribution is 0.0913. The molecule has 3 N–H and O–H groups in total. The molecule has 5 nitrogen and oxygen atoms in total. The van der Waals surface area contributed by atoms with E-state index in [9.17, 15) is 9.59 Å². The highest BCUT2D eigenvalue weighted by Gasteiger charge is 2.11. The van der Waals surface area contributed by atoms with E-state index in [2.05, 4.69) is 10.6 Å². The van der Waals surface area contributed by atoms with Gasteiger partial charge in [0.2, 0.25) is 0 Å². The lowest BCUT2D eigenvalue weighted by Gasteiger charge is -2.14. The summed E-state index contributed by atoms with van der Waals surface area (Å²) in [6.07, 6.45) is 0.676. The Labute approximate surface area is 139 Å². The average molecular weight is 332 g/mol. The van der Waals surface area contributed by atoms with E-state index in [-0.39, 0.29) is 24.5 Å². The van der Waals surface area contributed by atoms with E-state index in [1.807, 2.05) is 30.5 Å². The van der Waals surface area contributed by atoms with Crippen LogP contribution in [-0.2, 0) is 6.54 Å². The molecule has 0 saturated heterocycles. The molecule has 1 aromatic carbocycles. The molecule has 1 heterocycles. The molecule has 0 bridgehead atoms. The Balaban J connectivity index is 1.89. The summed E-state index contributed by atoms with van der Waals surface area (Å²) < 4.78 is 0. The fraction of sp³-hybridized carbons (Fsp3) is 0.294. The summed E-state index contributed by atoms with van der Waals surface area (Å²) in [6, 6.07) is 10.4. The monoisotopic (exact) mass is 332 g/mol. The quantitative estimate of drug-likeness (QED) is 0.727. The van der Waals surface area contributed by atoms with Gasteiger partial charge in [-0.25, -0.2) is 0 Å². The molecule has 0 aliphatic rings. The van der Waals surface area contributed by atoms with Crippen LogP contribution < -0.4 is 10.6 Å². The standard InChI is InChI=1S/C17H20N2O3S/c1-2-14(11-20)19-16(21)13-7-5-12(6-8-13)10-18-17(22)15-4-3-9-23-15/h3-9,14,20H,2,10-11H2,1H3,(H,18,22)(H,19,21). The third-order valence-electron chi connectivity index (χ3n) is 3.46. The predicted octanol–water partition coefficient (Wildman–Crippen LogP) is 2.18. The normalized spacial score (nSPS) is 11.7. The van der Waals surface area contributed by atoms with Crippen LogP contribution in [0.25, 0.3) is 0 Å². The zero-order chi connectivity index (χ0) is 16.7. The van der Waals surface area contributed by atoms with Crippen molar-refractivity contribution in [1.82, 2.24) is 10.6 Å². The maximum Gasteiger partial charge on any atom is 0.261 e. The van der Waals surface area contributed by atoms with E-state index in [1.54, 1.807) is 18.2 Å². The van der Waals surface area contributed by atoms with Crippen molar-refractivity contribution < 1.29 is 14.7 Å². The van der Waals surface area contributed by atoms with Gasteiger partial charge in [0.05, 0.1) is 17.5 Å². The Kier molecular flexibility index (Phi) is 6.31. The van der Waals surface area contributed by atoms with Gasteiger partial charge in [-0.15, -0.1) is 11.3 Å². The molecule has 1 aromatic heterocycles. The molecular formula is C17H20N2O3S. The Morgan fingerprint density at radius 2 is 1.91 bits per heavy atom. The van der Waals surface area contributed by atoms with Crippen molar-refractivity contribution in [3.8, 4) is 0 Å². The van der Waals surface area contributed by atoms with Crippen LogP contribution in [0.4, 0.5) is 0 Å². The summed E-state index contributed by atoms with van der Waals surface area (Å²) in [6.45, 7) is 2.24. The number of amides is 2. The Hall–Kier alpha value is -2.18. The summed E-state index contributed by atoms with van der Waals surface area (Å²) >= 11 is 1.40. The molecule has 2 aromatic rings. The van der Waals surface area contributed by atoms with Gasteiger partial charge in [-0.1, -0.05) is 25.1 Å². The molecule has 1 atom stereocenters. The van der Waals surface area contributed by atoms with Gasteiger partial charge in [0.25, 0.3) is 11.8 Å². The summed E-state index contributed by atoms with van der Waals surface area (Å²) in [7, 11) is 0. The van der Waals surface area contributed by atoms with E-state index in [0.29, 0.717) is 23.4 Å². The largest absolute Gasteiger partial charge is 0.394 e. The maximum atomic E-state index is 12.0. The van der Waals surface area contributed by atoms with Gasteiger partial charge in [0.1, 0.15) is 0 Å². The van der Waals surface area contributed by atoms with Gasteiger partial charge in [-0.05, 0) is 35.6 Å². The van der Waals surface area contributed by atoms with E-state index in [0.717, 1.165) is 5.56 Å². The lowest BCUT2D eigenvalue weighted by atomic mass is 10.1. The number of nitrogens with one attached hydrogen (secondary N) is 2. The lowest BCUT2D eigenvalue weighted by Crippen LogP contribution is -2.36. The molecule has 23 heavy (non-hydrogen) atoms. The highest BCUT2D eigenvalue weighted by Crippen LogP contribution is 2.09. The Morgan fingerprint density at radius 3 is 2.48 bits per heavy atom. The molecule has 1 unspecified atom stereocenters. The number of hydrogen-bond acceptors (Lipinski definition) is 4. The second kappa shape index (κ2) is 8.45. The minimum atomic E-state index is -0.229. The number of aliphatic hydroxyl groups excluding tert-OH is 1. The zero-order valence-electron chi connectivity index (χ0n) is 12.9. The van der Waals surface area contributed by atoms with E-state index in [1.165, 1.54) is 11.3 Å². The molecule has 122 valence electrons. The number of carbonyl (C=O) groups is 2. The maximum absolute atomic E-state index is 12.0. The van der Waals surface area contributed by atoms with E-state index < -0.39 is 0 Å². The number of benzene rings is 1. The number of rotatable bonds is 7. The molecule has 0 aliphatic heterocycles. The van der Waals surface area contributed by atoms with Crippen LogP contribution in [0.2, 0.25) is 0 Å². The highest BCUT2D eigenvalue weighted by atomic mass is 32.1. The number of carbonyl (C=O) groups excluding carboxylic acids is 2. The Morgan fingerprint density at radius 1 is 1.17 bits per heavy atom. The first-order chi connectivity index (χ1) is 11.1. The molecule has 0 saturated carbocycles. The minimum absolute atomic E-state index is 0.0743. The number of hydrogen-bond donors (Lipinski definition) is 3. The fourth-order valence-corrected chi connectivity index (χ4v) is 2.64. The van der Waals surface area contributed by atoms with Crippen LogP contribution in [-0.4, -0.2) is 29.6 Å². The van der Waals surface area contributed by atoms with Crippen molar-refractivity contribution >= 4 is 23.2 Å². The molecule has 0 fully saturated rings. The first-order valence-electron chi connectivity index (χ1n) is 7.46. The summed E-state index contributed by atoms with van der Waals surface area (Å²) in [5.41, 5.74) is 1.45.